The first-order valence-electron chi connectivity index (χ1n) is 9.27. The number of hydrogen-bond donors (Lipinski definition) is 1. The highest BCUT2D eigenvalue weighted by Crippen LogP contribution is 2.40. The maximum Gasteiger partial charge on any atom is 0.295 e. The standard InChI is InChI=1S/C22H20ClNO4/c23-16-10-8-15(9-11-16)20(25)18-19(14-5-2-1-3-6-14)24(22(27)21(18)26)13-17-7-4-12-28-17/h1-3,5-6,8-11,17,19,25H,4,7,12-13H2/t17-,19-/m0/s1. The van der Waals surface area contributed by atoms with Crippen LogP contribution >= 0.6 is 11.6 Å². The lowest BCUT2D eigenvalue weighted by Gasteiger charge is -2.27. The highest BCUT2D eigenvalue weighted by Gasteiger charge is 2.46. The lowest BCUT2D eigenvalue weighted by Crippen LogP contribution is -2.36. The Bertz CT molecular complexity index is 917. The third kappa shape index (κ3) is 3.43. The molecule has 0 spiro atoms. The molecule has 2 atom stereocenters. The van der Waals surface area contributed by atoms with E-state index in [9.17, 15) is 14.7 Å². The van der Waals surface area contributed by atoms with E-state index in [-0.39, 0.29) is 17.4 Å². The van der Waals surface area contributed by atoms with Gasteiger partial charge in [-0.1, -0.05) is 41.9 Å². The minimum atomic E-state index is -0.681. The molecule has 2 heterocycles. The van der Waals surface area contributed by atoms with Gasteiger partial charge in [0.25, 0.3) is 11.7 Å². The topological polar surface area (TPSA) is 66.8 Å². The number of amides is 1. The Hall–Kier alpha value is -2.63. The van der Waals surface area contributed by atoms with Gasteiger partial charge in [0.2, 0.25) is 0 Å². The maximum absolute atomic E-state index is 12.9. The minimum Gasteiger partial charge on any atom is -0.507 e. The molecule has 2 saturated heterocycles. The van der Waals surface area contributed by atoms with E-state index in [0.29, 0.717) is 23.7 Å². The molecule has 5 nitrogen and oxygen atoms in total. The second-order valence-corrected chi connectivity index (χ2v) is 7.44. The molecule has 6 heteroatoms. The van der Waals surface area contributed by atoms with E-state index in [4.69, 9.17) is 16.3 Å². The second-order valence-electron chi connectivity index (χ2n) is 7.00. The van der Waals surface area contributed by atoms with Crippen molar-refractivity contribution in [2.45, 2.75) is 25.0 Å². The molecule has 2 aromatic rings. The van der Waals surface area contributed by atoms with Crippen molar-refractivity contribution in [3.8, 4) is 0 Å². The van der Waals surface area contributed by atoms with Crippen LogP contribution in [0.4, 0.5) is 0 Å². The number of benzene rings is 2. The molecule has 4 rings (SSSR count). The van der Waals surface area contributed by atoms with Crippen LogP contribution in [0.15, 0.2) is 60.2 Å². The molecule has 144 valence electrons. The maximum atomic E-state index is 12.9. The van der Waals surface area contributed by atoms with Crippen molar-refractivity contribution in [2.24, 2.45) is 0 Å². The van der Waals surface area contributed by atoms with Crippen molar-refractivity contribution in [1.29, 1.82) is 0 Å². The van der Waals surface area contributed by atoms with Gasteiger partial charge >= 0.3 is 0 Å². The number of rotatable bonds is 4. The average Bonchev–Trinajstić information content (AvgIpc) is 3.31. The third-order valence-electron chi connectivity index (χ3n) is 5.20. The Balaban J connectivity index is 1.80. The molecule has 0 aromatic heterocycles. The normalized spacial score (nSPS) is 24.1. The predicted octanol–water partition coefficient (Wildman–Crippen LogP) is 3.94. The molecule has 0 aliphatic carbocycles. The van der Waals surface area contributed by atoms with Crippen LogP contribution in [0.1, 0.15) is 30.0 Å². The first-order valence-corrected chi connectivity index (χ1v) is 9.65. The van der Waals surface area contributed by atoms with Crippen LogP contribution in [0.5, 0.6) is 0 Å². The van der Waals surface area contributed by atoms with Gasteiger partial charge in [0.1, 0.15) is 5.76 Å². The molecule has 0 radical (unpaired) electrons. The van der Waals surface area contributed by atoms with Gasteiger partial charge in [0.15, 0.2) is 0 Å². The van der Waals surface area contributed by atoms with Crippen LogP contribution in [0.2, 0.25) is 5.02 Å². The lowest BCUT2D eigenvalue weighted by atomic mass is 9.95. The Morgan fingerprint density at radius 1 is 1.11 bits per heavy atom. The summed E-state index contributed by atoms with van der Waals surface area (Å²) in [5, 5.41) is 11.4. The number of nitrogens with zero attached hydrogens (tertiary/aromatic N) is 1. The number of carbonyl (C=O) groups is 2. The highest BCUT2D eigenvalue weighted by molar-refractivity contribution is 6.46. The van der Waals surface area contributed by atoms with E-state index >= 15 is 0 Å². The molecule has 1 amide bonds. The highest BCUT2D eigenvalue weighted by atomic mass is 35.5. The summed E-state index contributed by atoms with van der Waals surface area (Å²) in [6.07, 6.45) is 1.69. The molecule has 2 fully saturated rings. The van der Waals surface area contributed by atoms with Gasteiger partial charge in [-0.25, -0.2) is 0 Å². The number of likely N-dealkylation sites (tertiary alicyclic amines) is 1. The largest absolute Gasteiger partial charge is 0.507 e. The zero-order valence-corrected chi connectivity index (χ0v) is 15.9. The van der Waals surface area contributed by atoms with Crippen LogP contribution < -0.4 is 0 Å². The second kappa shape index (κ2) is 7.78. The SMILES string of the molecule is O=C1C(=O)N(C[C@@H]2CCCO2)[C@@H](c2ccccc2)C1=C(O)c1ccc(Cl)cc1. The van der Waals surface area contributed by atoms with Crippen molar-refractivity contribution < 1.29 is 19.4 Å². The number of aliphatic hydroxyl groups excluding tert-OH is 1. The van der Waals surface area contributed by atoms with Gasteiger partial charge in [0.05, 0.1) is 17.7 Å². The quantitative estimate of drug-likeness (QED) is 0.482. The van der Waals surface area contributed by atoms with E-state index < -0.39 is 17.7 Å². The first-order chi connectivity index (χ1) is 13.6. The van der Waals surface area contributed by atoms with Gasteiger partial charge in [0, 0.05) is 23.7 Å². The van der Waals surface area contributed by atoms with Crippen LogP contribution in [-0.2, 0) is 14.3 Å². The van der Waals surface area contributed by atoms with E-state index in [1.54, 1.807) is 24.3 Å². The molecule has 28 heavy (non-hydrogen) atoms. The Morgan fingerprint density at radius 3 is 2.46 bits per heavy atom. The number of aliphatic hydroxyl groups is 1. The Kier molecular flexibility index (Phi) is 5.20. The summed E-state index contributed by atoms with van der Waals surface area (Å²) >= 11 is 5.93. The average molecular weight is 398 g/mol. The molecule has 0 bridgehead atoms. The molecule has 0 saturated carbocycles. The third-order valence-corrected chi connectivity index (χ3v) is 5.45. The van der Waals surface area contributed by atoms with Crippen molar-refractivity contribution >= 4 is 29.1 Å². The van der Waals surface area contributed by atoms with Crippen molar-refractivity contribution in [3.63, 3.8) is 0 Å². The number of carbonyl (C=O) groups excluding carboxylic acids is 2. The van der Waals surface area contributed by atoms with Gasteiger partial charge in [-0.15, -0.1) is 0 Å². The molecular formula is C22H20ClNO4. The summed E-state index contributed by atoms with van der Waals surface area (Å²) in [7, 11) is 0. The number of ketones is 1. The smallest absolute Gasteiger partial charge is 0.295 e. The monoisotopic (exact) mass is 397 g/mol. The zero-order chi connectivity index (χ0) is 19.7. The summed E-state index contributed by atoms with van der Waals surface area (Å²) in [6, 6.07) is 15.2. The van der Waals surface area contributed by atoms with Gasteiger partial charge in [-0.2, -0.15) is 0 Å². The predicted molar refractivity (Wildman–Crippen MR) is 106 cm³/mol. The number of ether oxygens (including phenoxy) is 1. The molecular weight excluding hydrogens is 378 g/mol. The zero-order valence-electron chi connectivity index (χ0n) is 15.2. The molecule has 2 aromatic carbocycles. The van der Waals surface area contributed by atoms with Crippen LogP contribution in [-0.4, -0.2) is 41.0 Å². The van der Waals surface area contributed by atoms with E-state index in [1.807, 2.05) is 30.3 Å². The summed E-state index contributed by atoms with van der Waals surface area (Å²) in [6.45, 7) is 0.983. The van der Waals surface area contributed by atoms with Gasteiger partial charge in [-0.3, -0.25) is 9.59 Å². The summed E-state index contributed by atoms with van der Waals surface area (Å²) in [5.74, 6) is -1.49. The van der Waals surface area contributed by atoms with E-state index in [0.717, 1.165) is 18.4 Å². The van der Waals surface area contributed by atoms with Gasteiger partial charge < -0.3 is 14.7 Å². The number of Topliss-reactive ketones (excluding diaryl/α,β-unsaturated/α-hetero) is 1. The lowest BCUT2D eigenvalue weighted by molar-refractivity contribution is -0.140. The number of hydrogen-bond acceptors (Lipinski definition) is 4. The van der Waals surface area contributed by atoms with Crippen LogP contribution in [0.3, 0.4) is 0 Å². The summed E-state index contributed by atoms with van der Waals surface area (Å²) in [4.78, 5) is 27.2. The van der Waals surface area contributed by atoms with E-state index in [2.05, 4.69) is 0 Å². The van der Waals surface area contributed by atoms with Crippen LogP contribution in [0, 0.1) is 0 Å². The van der Waals surface area contributed by atoms with Crippen molar-refractivity contribution in [1.82, 2.24) is 4.90 Å². The van der Waals surface area contributed by atoms with Gasteiger partial charge in [-0.05, 0) is 42.7 Å². The fourth-order valence-corrected chi connectivity index (χ4v) is 3.95. The molecule has 2 aliphatic heterocycles. The van der Waals surface area contributed by atoms with E-state index in [1.165, 1.54) is 4.90 Å². The molecule has 0 unspecified atom stereocenters. The van der Waals surface area contributed by atoms with Crippen molar-refractivity contribution in [3.05, 3.63) is 76.3 Å². The Morgan fingerprint density at radius 2 is 1.82 bits per heavy atom. The molecule has 1 N–H and O–H groups in total. The summed E-state index contributed by atoms with van der Waals surface area (Å²) in [5.41, 5.74) is 1.31. The fraction of sp³-hybridized carbons (Fsp3) is 0.273. The van der Waals surface area contributed by atoms with Crippen LogP contribution in [0.25, 0.3) is 5.76 Å². The summed E-state index contributed by atoms with van der Waals surface area (Å²) < 4.78 is 5.68. The Labute approximate surface area is 168 Å². The minimum absolute atomic E-state index is 0.0940. The first kappa shape index (κ1) is 18.7. The molecule has 2 aliphatic rings. The number of halogens is 1. The fourth-order valence-electron chi connectivity index (χ4n) is 3.82. The van der Waals surface area contributed by atoms with Crippen molar-refractivity contribution in [2.75, 3.05) is 13.2 Å².